The molecule has 0 atom stereocenters. The second-order valence-corrected chi connectivity index (χ2v) is 6.18. The Hall–Kier alpha value is -0.820. The van der Waals surface area contributed by atoms with Crippen molar-refractivity contribution in [2.45, 2.75) is 18.9 Å². The van der Waals surface area contributed by atoms with Crippen LogP contribution in [0.5, 0.6) is 0 Å². The van der Waals surface area contributed by atoms with Crippen molar-refractivity contribution < 1.29 is 9.59 Å². The number of hydrogen-bond donors (Lipinski definition) is 1. The number of nitrogens with one attached hydrogen (secondary N) is 1. The summed E-state index contributed by atoms with van der Waals surface area (Å²) in [6.45, 7) is 1.33. The Morgan fingerprint density at radius 1 is 1.30 bits per heavy atom. The van der Waals surface area contributed by atoms with Crippen molar-refractivity contribution in [3.05, 3.63) is 33.4 Å². The van der Waals surface area contributed by atoms with E-state index >= 15 is 0 Å². The Morgan fingerprint density at radius 3 is 2.55 bits per heavy atom. The van der Waals surface area contributed by atoms with Gasteiger partial charge >= 0.3 is 0 Å². The molecule has 2 amide bonds. The summed E-state index contributed by atoms with van der Waals surface area (Å²) in [4.78, 5) is 25.5. The second kappa shape index (κ2) is 7.26. The highest BCUT2D eigenvalue weighted by Gasteiger charge is 2.25. The van der Waals surface area contributed by atoms with Crippen LogP contribution in [0.3, 0.4) is 0 Å². The standard InChI is InChI=1S/C14H16ClIN2O2/c15-9-13(19)17-10-5-7-18(8-6-10)14(20)11-3-1-2-4-12(11)16/h1-4,10H,5-9H2,(H,17,19). The summed E-state index contributed by atoms with van der Waals surface area (Å²) in [5.41, 5.74) is 0.747. The minimum atomic E-state index is -0.144. The van der Waals surface area contributed by atoms with Crippen LogP contribution in [0, 0.1) is 3.57 Å². The van der Waals surface area contributed by atoms with Gasteiger partial charge in [0.1, 0.15) is 5.88 Å². The first kappa shape index (κ1) is 15.6. The summed E-state index contributed by atoms with van der Waals surface area (Å²) in [7, 11) is 0. The molecule has 0 spiro atoms. The number of alkyl halides is 1. The number of carbonyl (C=O) groups is 2. The molecule has 20 heavy (non-hydrogen) atoms. The molecule has 0 unspecified atom stereocenters. The fraction of sp³-hybridized carbons (Fsp3) is 0.429. The predicted molar refractivity (Wildman–Crippen MR) is 86.9 cm³/mol. The Balaban J connectivity index is 1.92. The zero-order valence-electron chi connectivity index (χ0n) is 10.9. The van der Waals surface area contributed by atoms with E-state index in [1.165, 1.54) is 0 Å². The molecule has 6 heteroatoms. The van der Waals surface area contributed by atoms with Crippen LogP contribution in [-0.4, -0.2) is 41.7 Å². The van der Waals surface area contributed by atoms with Gasteiger partial charge in [0.05, 0.1) is 5.56 Å². The molecular weight excluding hydrogens is 391 g/mol. The third kappa shape index (κ3) is 3.85. The van der Waals surface area contributed by atoms with Gasteiger partial charge in [-0.15, -0.1) is 11.6 Å². The average Bonchev–Trinajstić information content (AvgIpc) is 2.47. The van der Waals surface area contributed by atoms with Crippen molar-refractivity contribution in [2.24, 2.45) is 0 Å². The summed E-state index contributed by atoms with van der Waals surface area (Å²) >= 11 is 7.65. The summed E-state index contributed by atoms with van der Waals surface area (Å²) in [6, 6.07) is 7.71. The van der Waals surface area contributed by atoms with Crippen molar-refractivity contribution in [3.8, 4) is 0 Å². The molecule has 0 aliphatic carbocycles. The van der Waals surface area contributed by atoms with Crippen LogP contribution in [0.25, 0.3) is 0 Å². The Morgan fingerprint density at radius 2 is 1.95 bits per heavy atom. The fourth-order valence-corrected chi connectivity index (χ4v) is 2.99. The molecule has 1 aliphatic rings. The number of amides is 2. The average molecular weight is 407 g/mol. The van der Waals surface area contributed by atoms with E-state index in [0.29, 0.717) is 13.1 Å². The van der Waals surface area contributed by atoms with Crippen LogP contribution in [-0.2, 0) is 4.79 Å². The van der Waals surface area contributed by atoms with Gasteiger partial charge in [-0.1, -0.05) is 12.1 Å². The van der Waals surface area contributed by atoms with Gasteiger partial charge in [0.2, 0.25) is 5.91 Å². The van der Waals surface area contributed by atoms with Crippen molar-refractivity contribution in [2.75, 3.05) is 19.0 Å². The molecule has 1 aromatic carbocycles. The van der Waals surface area contributed by atoms with E-state index in [1.54, 1.807) is 0 Å². The van der Waals surface area contributed by atoms with Gasteiger partial charge in [0.15, 0.2) is 0 Å². The zero-order valence-corrected chi connectivity index (χ0v) is 13.9. The van der Waals surface area contributed by atoms with Gasteiger partial charge in [-0.05, 0) is 47.6 Å². The largest absolute Gasteiger partial charge is 0.352 e. The van der Waals surface area contributed by atoms with Gasteiger partial charge in [-0.25, -0.2) is 0 Å². The first-order chi connectivity index (χ1) is 9.61. The molecule has 4 nitrogen and oxygen atoms in total. The molecule has 1 aromatic rings. The number of halogens is 2. The van der Waals surface area contributed by atoms with Crippen molar-refractivity contribution in [3.63, 3.8) is 0 Å². The van der Waals surface area contributed by atoms with E-state index in [-0.39, 0.29) is 23.7 Å². The number of rotatable bonds is 3. The second-order valence-electron chi connectivity index (χ2n) is 4.75. The van der Waals surface area contributed by atoms with Crippen molar-refractivity contribution in [1.29, 1.82) is 0 Å². The van der Waals surface area contributed by atoms with Crippen molar-refractivity contribution >= 4 is 46.0 Å². The SMILES string of the molecule is O=C(CCl)NC1CCN(C(=O)c2ccccc2I)CC1. The Kier molecular flexibility index (Phi) is 5.65. The quantitative estimate of drug-likeness (QED) is 0.618. The van der Waals surface area contributed by atoms with E-state index in [0.717, 1.165) is 22.0 Å². The summed E-state index contributed by atoms with van der Waals surface area (Å²) in [5, 5.41) is 2.87. The Labute approximate surface area is 137 Å². The molecular formula is C14H16ClIN2O2. The van der Waals surface area contributed by atoms with Gasteiger partial charge in [-0.3, -0.25) is 9.59 Å². The number of benzene rings is 1. The molecule has 0 bridgehead atoms. The lowest BCUT2D eigenvalue weighted by atomic mass is 10.0. The number of carbonyl (C=O) groups excluding carboxylic acids is 2. The maximum atomic E-state index is 12.4. The molecule has 108 valence electrons. The number of nitrogens with zero attached hydrogens (tertiary/aromatic N) is 1. The topological polar surface area (TPSA) is 49.4 Å². The van der Waals surface area contributed by atoms with E-state index in [9.17, 15) is 9.59 Å². The third-order valence-electron chi connectivity index (χ3n) is 3.37. The molecule has 0 saturated carbocycles. The summed E-state index contributed by atoms with van der Waals surface area (Å²) in [5.74, 6) is -0.0902. The maximum absolute atomic E-state index is 12.4. The summed E-state index contributed by atoms with van der Waals surface area (Å²) in [6.07, 6.45) is 1.55. The minimum absolute atomic E-state index is 0.0125. The Bertz CT molecular complexity index is 502. The highest BCUT2D eigenvalue weighted by atomic mass is 127. The lowest BCUT2D eigenvalue weighted by Crippen LogP contribution is -2.47. The fourth-order valence-electron chi connectivity index (χ4n) is 2.30. The molecule has 1 saturated heterocycles. The van der Waals surface area contributed by atoms with Crippen LogP contribution >= 0.6 is 34.2 Å². The van der Waals surface area contributed by atoms with E-state index < -0.39 is 0 Å². The normalized spacial score (nSPS) is 16.0. The molecule has 1 aliphatic heterocycles. The third-order valence-corrected chi connectivity index (χ3v) is 4.56. The first-order valence-electron chi connectivity index (χ1n) is 6.51. The smallest absolute Gasteiger partial charge is 0.254 e. The first-order valence-corrected chi connectivity index (χ1v) is 8.12. The lowest BCUT2D eigenvalue weighted by Gasteiger charge is -2.32. The minimum Gasteiger partial charge on any atom is -0.352 e. The van der Waals surface area contributed by atoms with Gasteiger partial charge in [0, 0.05) is 22.7 Å². The summed E-state index contributed by atoms with van der Waals surface area (Å²) < 4.78 is 0.965. The van der Waals surface area contributed by atoms with Gasteiger partial charge < -0.3 is 10.2 Å². The van der Waals surface area contributed by atoms with Crippen LogP contribution in [0.15, 0.2) is 24.3 Å². The predicted octanol–water partition coefficient (Wildman–Crippen LogP) is 2.25. The molecule has 1 fully saturated rings. The van der Waals surface area contributed by atoms with Gasteiger partial charge in [0.25, 0.3) is 5.91 Å². The van der Waals surface area contributed by atoms with Crippen molar-refractivity contribution in [1.82, 2.24) is 10.2 Å². The van der Waals surface area contributed by atoms with Gasteiger partial charge in [-0.2, -0.15) is 0 Å². The van der Waals surface area contributed by atoms with Crippen LogP contribution in [0.1, 0.15) is 23.2 Å². The van der Waals surface area contributed by atoms with E-state index in [1.807, 2.05) is 29.2 Å². The molecule has 1 heterocycles. The molecule has 0 radical (unpaired) electrons. The number of hydrogen-bond acceptors (Lipinski definition) is 2. The number of likely N-dealkylation sites (tertiary alicyclic amines) is 1. The lowest BCUT2D eigenvalue weighted by molar-refractivity contribution is -0.119. The van der Waals surface area contributed by atoms with Crippen LogP contribution < -0.4 is 5.32 Å². The highest BCUT2D eigenvalue weighted by molar-refractivity contribution is 14.1. The van der Waals surface area contributed by atoms with E-state index in [2.05, 4.69) is 27.9 Å². The zero-order chi connectivity index (χ0) is 14.5. The molecule has 0 aromatic heterocycles. The highest BCUT2D eigenvalue weighted by Crippen LogP contribution is 2.17. The van der Waals surface area contributed by atoms with Crippen LogP contribution in [0.4, 0.5) is 0 Å². The maximum Gasteiger partial charge on any atom is 0.254 e. The molecule has 2 rings (SSSR count). The monoisotopic (exact) mass is 406 g/mol. The molecule has 1 N–H and O–H groups in total. The van der Waals surface area contributed by atoms with E-state index in [4.69, 9.17) is 11.6 Å². The van der Waals surface area contributed by atoms with Crippen LogP contribution in [0.2, 0.25) is 0 Å². The number of piperidine rings is 1.